The number of hydrogen-bond acceptors (Lipinski definition) is 1. The van der Waals surface area contributed by atoms with E-state index >= 15 is 0 Å². The minimum absolute atomic E-state index is 0.00434. The molecule has 1 aromatic heterocycles. The Morgan fingerprint density at radius 2 is 1.52 bits per heavy atom. The quantitative estimate of drug-likeness (QED) is 0.194. The van der Waals surface area contributed by atoms with Gasteiger partial charge in [-0.05, 0) is 107 Å². The molecule has 0 N–H and O–H groups in total. The highest BCUT2D eigenvalue weighted by molar-refractivity contribution is 6.03. The third kappa shape index (κ3) is 3.66. The Labute approximate surface area is 264 Å². The predicted molar refractivity (Wildman–Crippen MR) is 187 cm³/mol. The molecule has 2 heteroatoms. The first-order chi connectivity index (χ1) is 20.6. The Hall–Kier alpha value is -3.52. The van der Waals surface area contributed by atoms with Gasteiger partial charge in [-0.25, -0.2) is 4.57 Å². The first-order valence-corrected chi connectivity index (χ1v) is 16.7. The van der Waals surface area contributed by atoms with Gasteiger partial charge in [-0.2, -0.15) is 0 Å². The molecule has 0 amide bonds. The van der Waals surface area contributed by atoms with Gasteiger partial charge in [-0.3, -0.25) is 0 Å². The van der Waals surface area contributed by atoms with E-state index in [9.17, 15) is 0 Å². The van der Waals surface area contributed by atoms with E-state index < -0.39 is 0 Å². The zero-order valence-corrected chi connectivity index (χ0v) is 28.7. The summed E-state index contributed by atoms with van der Waals surface area (Å²) in [4.78, 5) is 5.40. The summed E-state index contributed by atoms with van der Waals surface area (Å²) in [5, 5.41) is 5.56. The van der Waals surface area contributed by atoms with Crippen LogP contribution in [0.5, 0.6) is 0 Å². The van der Waals surface area contributed by atoms with Crippen molar-refractivity contribution in [1.82, 2.24) is 4.98 Å². The molecule has 0 fully saturated rings. The van der Waals surface area contributed by atoms with Crippen LogP contribution in [-0.2, 0) is 28.2 Å². The lowest BCUT2D eigenvalue weighted by Crippen LogP contribution is -2.66. The lowest BCUT2D eigenvalue weighted by molar-refractivity contribution is -0.762. The molecule has 44 heavy (non-hydrogen) atoms. The molecule has 5 aromatic rings. The topological polar surface area (TPSA) is 16.8 Å². The highest BCUT2D eigenvalue weighted by atomic mass is 15.1. The molecule has 1 unspecified atom stereocenters. The summed E-state index contributed by atoms with van der Waals surface area (Å²) in [6.07, 6.45) is 4.30. The van der Waals surface area contributed by atoms with Gasteiger partial charge in [-0.15, -0.1) is 0 Å². The molecule has 7 rings (SSSR count). The van der Waals surface area contributed by atoms with Gasteiger partial charge in [0.15, 0.2) is 5.69 Å². The zero-order chi connectivity index (χ0) is 31.6. The average molecular weight is 582 g/mol. The van der Waals surface area contributed by atoms with E-state index in [1.165, 1.54) is 71.9 Å². The molecule has 1 aliphatic heterocycles. The summed E-state index contributed by atoms with van der Waals surface area (Å²) in [7, 11) is 0. The Balaban J connectivity index is 1.69. The molecule has 1 aliphatic carbocycles. The minimum atomic E-state index is -0.216. The van der Waals surface area contributed by atoms with Crippen LogP contribution in [0.1, 0.15) is 111 Å². The van der Waals surface area contributed by atoms with Crippen molar-refractivity contribution in [2.45, 2.75) is 111 Å². The summed E-state index contributed by atoms with van der Waals surface area (Å²) in [5.41, 5.74) is 11.9. The third-order valence-corrected chi connectivity index (χ3v) is 11.6. The van der Waals surface area contributed by atoms with Crippen molar-refractivity contribution in [2.24, 2.45) is 5.92 Å². The maximum absolute atomic E-state index is 5.40. The number of fused-ring (bicyclic) bond motifs is 11. The van der Waals surface area contributed by atoms with Gasteiger partial charge in [0, 0.05) is 11.0 Å². The van der Waals surface area contributed by atoms with E-state index in [1.54, 1.807) is 0 Å². The predicted octanol–water partition coefficient (Wildman–Crippen LogP) is 10.6. The van der Waals surface area contributed by atoms with Crippen molar-refractivity contribution in [2.75, 3.05) is 0 Å². The Morgan fingerprint density at radius 3 is 2.18 bits per heavy atom. The molecular formula is C42H49N2+. The maximum atomic E-state index is 5.40. The van der Waals surface area contributed by atoms with E-state index in [1.807, 2.05) is 0 Å². The highest BCUT2D eigenvalue weighted by Crippen LogP contribution is 2.58. The Morgan fingerprint density at radius 1 is 0.818 bits per heavy atom. The molecule has 0 spiro atoms. The number of hydrogen-bond donors (Lipinski definition) is 0. The van der Waals surface area contributed by atoms with Gasteiger partial charge in [0.25, 0.3) is 6.33 Å². The summed E-state index contributed by atoms with van der Waals surface area (Å²) in [5.74, 6) is 0.591. The van der Waals surface area contributed by atoms with E-state index in [0.717, 1.165) is 12.8 Å². The molecular weight excluding hydrogens is 532 g/mol. The molecule has 0 bridgehead atoms. The van der Waals surface area contributed by atoms with Gasteiger partial charge in [0.1, 0.15) is 11.2 Å². The second kappa shape index (κ2) is 9.25. The summed E-state index contributed by atoms with van der Waals surface area (Å²) in [6, 6.07) is 23.4. The smallest absolute Gasteiger partial charge is 0.223 e. The van der Waals surface area contributed by atoms with Crippen LogP contribution in [0.2, 0.25) is 0 Å². The van der Waals surface area contributed by atoms with Crippen LogP contribution >= 0.6 is 0 Å². The Kier molecular flexibility index (Phi) is 6.14. The van der Waals surface area contributed by atoms with Crippen LogP contribution in [0, 0.1) is 5.92 Å². The van der Waals surface area contributed by atoms with E-state index in [4.69, 9.17) is 4.98 Å². The third-order valence-electron chi connectivity index (χ3n) is 11.6. The van der Waals surface area contributed by atoms with Crippen LogP contribution < -0.4 is 4.57 Å². The van der Waals surface area contributed by atoms with Crippen molar-refractivity contribution in [1.29, 1.82) is 0 Å². The summed E-state index contributed by atoms with van der Waals surface area (Å²) in [6.45, 7) is 26.3. The largest absolute Gasteiger partial charge is 0.287 e. The second-order valence-corrected chi connectivity index (χ2v) is 16.3. The van der Waals surface area contributed by atoms with Crippen LogP contribution in [0.25, 0.3) is 43.9 Å². The van der Waals surface area contributed by atoms with Crippen LogP contribution in [0.3, 0.4) is 0 Å². The lowest BCUT2D eigenvalue weighted by atomic mass is 9.60. The molecule has 0 radical (unpaired) electrons. The van der Waals surface area contributed by atoms with Gasteiger partial charge in [-0.1, -0.05) is 108 Å². The fraction of sp³-hybridized carbons (Fsp3) is 0.429. The van der Waals surface area contributed by atoms with Crippen LogP contribution in [0.4, 0.5) is 0 Å². The van der Waals surface area contributed by atoms with E-state index in [-0.39, 0.29) is 21.8 Å². The number of nitrogens with zero attached hydrogens (tertiary/aromatic N) is 2. The molecule has 1 atom stereocenters. The maximum Gasteiger partial charge on any atom is 0.287 e. The Bertz CT molecular complexity index is 2000. The molecule has 4 aromatic carbocycles. The summed E-state index contributed by atoms with van der Waals surface area (Å²) >= 11 is 0. The molecule has 0 saturated heterocycles. The zero-order valence-electron chi connectivity index (χ0n) is 28.7. The molecule has 0 saturated carbocycles. The van der Waals surface area contributed by atoms with Crippen molar-refractivity contribution < 1.29 is 4.57 Å². The first kappa shape index (κ1) is 29.2. The van der Waals surface area contributed by atoms with Gasteiger partial charge >= 0.3 is 0 Å². The normalized spacial score (nSPS) is 19.6. The summed E-state index contributed by atoms with van der Waals surface area (Å²) < 4.78 is 2.55. The minimum Gasteiger partial charge on any atom is -0.223 e. The monoisotopic (exact) mass is 581 g/mol. The van der Waals surface area contributed by atoms with E-state index in [0.29, 0.717) is 5.92 Å². The molecule has 226 valence electrons. The lowest BCUT2D eigenvalue weighted by Gasteiger charge is -2.48. The average Bonchev–Trinajstić information content (AvgIpc) is 3.20. The van der Waals surface area contributed by atoms with Crippen molar-refractivity contribution >= 4 is 21.5 Å². The van der Waals surface area contributed by atoms with Crippen molar-refractivity contribution in [3.63, 3.8) is 0 Å². The van der Waals surface area contributed by atoms with Gasteiger partial charge < -0.3 is 0 Å². The first-order valence-electron chi connectivity index (χ1n) is 16.7. The second-order valence-electron chi connectivity index (χ2n) is 16.3. The fourth-order valence-electron chi connectivity index (χ4n) is 8.89. The highest BCUT2D eigenvalue weighted by Gasteiger charge is 2.56. The molecule has 2 nitrogen and oxygen atoms in total. The SMILES string of the molecule is CCC1(C)c2c(cc(C(C)(C)C)c3ccccc23)-c2c3c(nc[n+]2C1(C)C)C(C)(C)c1c-3ccc2cccc(CC(C)C)c12. The fourth-order valence-corrected chi connectivity index (χ4v) is 8.89. The van der Waals surface area contributed by atoms with E-state index in [2.05, 4.69) is 148 Å². The van der Waals surface area contributed by atoms with Crippen LogP contribution in [0.15, 0.2) is 67.0 Å². The van der Waals surface area contributed by atoms with Crippen molar-refractivity contribution in [3.05, 3.63) is 94.9 Å². The molecule has 2 heterocycles. The van der Waals surface area contributed by atoms with Crippen molar-refractivity contribution in [3.8, 4) is 22.4 Å². The standard InChI is InChI=1S/C42H49N2/c1-12-42(11)35-29-19-14-13-18-28(29)32(39(4,5)6)23-31(35)37-34-30-21-20-26-16-15-17-27(22-25(2)3)33(26)36(30)40(7,8)38(34)43-24-44(37)41(42,9)10/h13-21,23-25H,12,22H2,1-11H3/q+1. The molecule has 2 aliphatic rings. The van der Waals surface area contributed by atoms with Crippen LogP contribution in [-0.4, -0.2) is 4.98 Å². The number of aromatic nitrogens is 2. The van der Waals surface area contributed by atoms with Gasteiger partial charge in [0.2, 0.25) is 0 Å². The van der Waals surface area contributed by atoms with Gasteiger partial charge in [0.05, 0.1) is 11.0 Å². The number of benzene rings is 4. The number of rotatable bonds is 3.